The fourth-order valence-electron chi connectivity index (χ4n) is 2.60. The van der Waals surface area contributed by atoms with Crippen LogP contribution in [0.4, 0.5) is 34.9 Å². The van der Waals surface area contributed by atoms with Gasteiger partial charge >= 0.3 is 6.18 Å². The van der Waals surface area contributed by atoms with E-state index in [0.29, 0.717) is 36.1 Å². The van der Waals surface area contributed by atoms with E-state index in [9.17, 15) is 17.6 Å². The van der Waals surface area contributed by atoms with E-state index in [4.69, 9.17) is 0 Å². The summed E-state index contributed by atoms with van der Waals surface area (Å²) in [4.78, 5) is 8.55. The van der Waals surface area contributed by atoms with Gasteiger partial charge in [0.15, 0.2) is 0 Å². The summed E-state index contributed by atoms with van der Waals surface area (Å²) in [5, 5.41) is 6.15. The predicted molar refractivity (Wildman–Crippen MR) is 100 cm³/mol. The zero-order chi connectivity index (χ0) is 20.1. The van der Waals surface area contributed by atoms with Crippen LogP contribution in [0.1, 0.15) is 17.0 Å². The van der Waals surface area contributed by atoms with E-state index in [0.717, 1.165) is 17.7 Å². The second kappa shape index (κ2) is 8.24. The molecule has 3 rings (SSSR count). The molecule has 0 amide bonds. The van der Waals surface area contributed by atoms with Crippen molar-refractivity contribution in [2.75, 3.05) is 17.2 Å². The second-order valence-electron chi connectivity index (χ2n) is 6.19. The lowest BCUT2D eigenvalue weighted by Crippen LogP contribution is -2.08. The summed E-state index contributed by atoms with van der Waals surface area (Å²) in [6, 6.07) is 12.7. The fourth-order valence-corrected chi connectivity index (χ4v) is 2.60. The highest BCUT2D eigenvalue weighted by atomic mass is 19.4. The summed E-state index contributed by atoms with van der Waals surface area (Å²) in [5.74, 6) is 1.30. The molecule has 0 saturated carbocycles. The molecular weight excluding hydrogens is 372 g/mol. The van der Waals surface area contributed by atoms with Crippen molar-refractivity contribution in [3.63, 3.8) is 0 Å². The molecule has 0 saturated heterocycles. The summed E-state index contributed by atoms with van der Waals surface area (Å²) in [6.45, 7) is 2.31. The normalized spacial score (nSPS) is 11.3. The molecule has 0 spiro atoms. The smallest absolute Gasteiger partial charge is 0.370 e. The molecule has 28 heavy (non-hydrogen) atoms. The van der Waals surface area contributed by atoms with Crippen LogP contribution in [-0.4, -0.2) is 16.5 Å². The van der Waals surface area contributed by atoms with Crippen LogP contribution in [0.15, 0.2) is 54.6 Å². The Balaban J connectivity index is 1.63. The van der Waals surface area contributed by atoms with Crippen molar-refractivity contribution in [3.8, 4) is 0 Å². The molecule has 1 heterocycles. The summed E-state index contributed by atoms with van der Waals surface area (Å²) in [5.41, 5.74) is 0.770. The van der Waals surface area contributed by atoms with Crippen LogP contribution in [0.2, 0.25) is 0 Å². The number of rotatable bonds is 6. The Morgan fingerprint density at radius 3 is 2.18 bits per heavy atom. The third-order valence-corrected chi connectivity index (χ3v) is 3.96. The molecule has 3 aromatic rings. The van der Waals surface area contributed by atoms with E-state index in [1.54, 1.807) is 25.1 Å². The van der Waals surface area contributed by atoms with Gasteiger partial charge in [-0.3, -0.25) is 0 Å². The monoisotopic (exact) mass is 390 g/mol. The molecule has 2 aromatic carbocycles. The molecule has 146 valence electrons. The molecule has 0 radical (unpaired) electrons. The van der Waals surface area contributed by atoms with Crippen LogP contribution in [0.25, 0.3) is 0 Å². The van der Waals surface area contributed by atoms with Crippen molar-refractivity contribution < 1.29 is 17.6 Å². The number of nitrogens with zero attached hydrogens (tertiary/aromatic N) is 2. The number of aromatic nitrogens is 2. The Hall–Kier alpha value is -3.16. The van der Waals surface area contributed by atoms with Crippen LogP contribution >= 0.6 is 0 Å². The Kier molecular flexibility index (Phi) is 5.77. The minimum Gasteiger partial charge on any atom is -0.370 e. The minimum atomic E-state index is -4.37. The number of nitrogens with one attached hydrogen (secondary N) is 2. The predicted octanol–water partition coefficient (Wildman–Crippen LogP) is 5.34. The summed E-state index contributed by atoms with van der Waals surface area (Å²) in [7, 11) is 0. The zero-order valence-electron chi connectivity index (χ0n) is 15.0. The molecule has 2 N–H and O–H groups in total. The number of alkyl halides is 3. The van der Waals surface area contributed by atoms with Gasteiger partial charge in [0, 0.05) is 18.3 Å². The third-order valence-electron chi connectivity index (χ3n) is 3.96. The number of hydrogen-bond acceptors (Lipinski definition) is 4. The number of anilines is 3. The van der Waals surface area contributed by atoms with Crippen molar-refractivity contribution in [1.29, 1.82) is 0 Å². The van der Waals surface area contributed by atoms with Gasteiger partial charge in [0.1, 0.15) is 23.3 Å². The fraction of sp³-hybridized carbons (Fsp3) is 0.200. The standard InChI is InChI=1S/C20H18F4N4/c1-13-26-18(25-11-10-14-2-6-16(21)7-3-14)12-19(27-13)28-17-8-4-15(5-9-17)20(22,23)24/h2-9,12H,10-11H2,1H3,(H2,25,26,27,28). The molecule has 0 bridgehead atoms. The van der Waals surface area contributed by atoms with E-state index < -0.39 is 11.7 Å². The largest absolute Gasteiger partial charge is 0.416 e. The Morgan fingerprint density at radius 2 is 1.54 bits per heavy atom. The lowest BCUT2D eigenvalue weighted by atomic mass is 10.1. The molecule has 0 fully saturated rings. The van der Waals surface area contributed by atoms with Crippen molar-refractivity contribution in [2.45, 2.75) is 19.5 Å². The first kappa shape index (κ1) is 19.6. The van der Waals surface area contributed by atoms with Crippen LogP contribution in [-0.2, 0) is 12.6 Å². The molecule has 0 unspecified atom stereocenters. The average Bonchev–Trinajstić information content (AvgIpc) is 2.63. The maximum absolute atomic E-state index is 12.9. The molecule has 0 aliphatic rings. The quantitative estimate of drug-likeness (QED) is 0.558. The van der Waals surface area contributed by atoms with Crippen LogP contribution in [0, 0.1) is 12.7 Å². The van der Waals surface area contributed by atoms with E-state index in [1.807, 2.05) is 0 Å². The van der Waals surface area contributed by atoms with Crippen LogP contribution in [0.3, 0.4) is 0 Å². The molecule has 4 nitrogen and oxygen atoms in total. The average molecular weight is 390 g/mol. The molecular formula is C20H18F4N4. The first-order valence-corrected chi connectivity index (χ1v) is 8.58. The maximum atomic E-state index is 12.9. The highest BCUT2D eigenvalue weighted by molar-refractivity contribution is 5.59. The Bertz CT molecular complexity index is 922. The zero-order valence-corrected chi connectivity index (χ0v) is 15.0. The van der Waals surface area contributed by atoms with E-state index >= 15 is 0 Å². The van der Waals surface area contributed by atoms with Gasteiger partial charge in [-0.05, 0) is 55.3 Å². The van der Waals surface area contributed by atoms with Crippen LogP contribution < -0.4 is 10.6 Å². The van der Waals surface area contributed by atoms with Gasteiger partial charge in [0.05, 0.1) is 5.56 Å². The first-order valence-electron chi connectivity index (χ1n) is 8.58. The highest BCUT2D eigenvalue weighted by Gasteiger charge is 2.29. The number of aryl methyl sites for hydroxylation is 1. The van der Waals surface area contributed by atoms with Crippen molar-refractivity contribution in [3.05, 3.63) is 77.4 Å². The SMILES string of the molecule is Cc1nc(NCCc2ccc(F)cc2)cc(Nc2ccc(C(F)(F)F)cc2)n1. The number of benzene rings is 2. The Morgan fingerprint density at radius 1 is 0.893 bits per heavy atom. The van der Waals surface area contributed by atoms with Crippen molar-refractivity contribution in [1.82, 2.24) is 9.97 Å². The van der Waals surface area contributed by atoms with Gasteiger partial charge in [-0.25, -0.2) is 14.4 Å². The van der Waals surface area contributed by atoms with Crippen LogP contribution in [0.5, 0.6) is 0 Å². The van der Waals surface area contributed by atoms with Crippen molar-refractivity contribution in [2.24, 2.45) is 0 Å². The second-order valence-corrected chi connectivity index (χ2v) is 6.19. The van der Waals surface area contributed by atoms with Gasteiger partial charge in [0.2, 0.25) is 0 Å². The molecule has 0 aliphatic carbocycles. The summed E-state index contributed by atoms with van der Waals surface area (Å²) < 4.78 is 50.9. The lowest BCUT2D eigenvalue weighted by Gasteiger charge is -2.11. The lowest BCUT2D eigenvalue weighted by molar-refractivity contribution is -0.137. The van der Waals surface area contributed by atoms with E-state index in [-0.39, 0.29) is 5.82 Å². The maximum Gasteiger partial charge on any atom is 0.416 e. The van der Waals surface area contributed by atoms with Crippen molar-refractivity contribution >= 4 is 17.3 Å². The van der Waals surface area contributed by atoms with Gasteiger partial charge in [-0.15, -0.1) is 0 Å². The number of halogens is 4. The van der Waals surface area contributed by atoms with E-state index in [2.05, 4.69) is 20.6 Å². The third kappa shape index (κ3) is 5.42. The first-order chi connectivity index (χ1) is 13.3. The van der Waals surface area contributed by atoms with Gasteiger partial charge in [-0.2, -0.15) is 13.2 Å². The van der Waals surface area contributed by atoms with E-state index in [1.165, 1.54) is 24.3 Å². The minimum absolute atomic E-state index is 0.276. The van der Waals surface area contributed by atoms with Gasteiger partial charge in [0.25, 0.3) is 0 Å². The molecule has 8 heteroatoms. The molecule has 0 aliphatic heterocycles. The molecule has 0 atom stereocenters. The summed E-state index contributed by atoms with van der Waals surface area (Å²) >= 11 is 0. The topological polar surface area (TPSA) is 49.8 Å². The number of hydrogen-bond donors (Lipinski definition) is 2. The highest BCUT2D eigenvalue weighted by Crippen LogP contribution is 2.30. The Labute approximate surface area is 159 Å². The molecule has 1 aromatic heterocycles. The van der Waals surface area contributed by atoms with Gasteiger partial charge < -0.3 is 10.6 Å². The summed E-state index contributed by atoms with van der Waals surface area (Å²) in [6.07, 6.45) is -3.68. The van der Waals surface area contributed by atoms with Gasteiger partial charge in [-0.1, -0.05) is 12.1 Å².